The summed E-state index contributed by atoms with van der Waals surface area (Å²) in [5.74, 6) is 1.35. The van der Waals surface area contributed by atoms with E-state index in [4.69, 9.17) is 21.1 Å². The summed E-state index contributed by atoms with van der Waals surface area (Å²) in [5, 5.41) is 7.48. The van der Waals surface area contributed by atoms with Gasteiger partial charge in [0.2, 0.25) is 5.28 Å². The highest BCUT2D eigenvalue weighted by Crippen LogP contribution is 2.29. The summed E-state index contributed by atoms with van der Waals surface area (Å²) in [6.07, 6.45) is 3.51. The number of alkyl carbamates (subject to hydrolysis) is 1. The average molecular weight is 407 g/mol. The van der Waals surface area contributed by atoms with Gasteiger partial charge in [0.25, 0.3) is 0 Å². The lowest BCUT2D eigenvalue weighted by Crippen LogP contribution is -2.49. The van der Waals surface area contributed by atoms with E-state index in [0.717, 1.165) is 36.6 Å². The summed E-state index contributed by atoms with van der Waals surface area (Å²) in [7, 11) is 1.62. The Kier molecular flexibility index (Phi) is 6.13. The molecule has 0 bridgehead atoms. The van der Waals surface area contributed by atoms with Crippen LogP contribution in [-0.4, -0.2) is 40.9 Å². The van der Waals surface area contributed by atoms with Crippen molar-refractivity contribution >= 4 is 34.4 Å². The fraction of sp³-hybridized carbons (Fsp3) is 0.550. The van der Waals surface area contributed by atoms with E-state index >= 15 is 0 Å². The van der Waals surface area contributed by atoms with E-state index < -0.39 is 11.7 Å². The van der Waals surface area contributed by atoms with Gasteiger partial charge in [0.15, 0.2) is 0 Å². The number of carbonyl (C=O) groups excluding carboxylic acids is 1. The summed E-state index contributed by atoms with van der Waals surface area (Å²) < 4.78 is 10.7. The Hall–Kier alpha value is -2.28. The summed E-state index contributed by atoms with van der Waals surface area (Å²) >= 11 is 6.13. The Bertz CT molecular complexity index is 853. The SMILES string of the molecule is COc1ccc2nc(Cl)nc(N[C@H]3CCCC[C@H]3NC(=O)OC(C)(C)C)c2c1. The van der Waals surface area contributed by atoms with Crippen LogP contribution in [0.15, 0.2) is 18.2 Å². The maximum absolute atomic E-state index is 12.3. The standard InChI is InChI=1S/C20H27ClN4O3/c1-20(2,3)28-19(26)24-16-8-6-5-7-15(16)22-17-13-11-12(27-4)9-10-14(13)23-18(21)25-17/h9-11,15-16H,5-8H2,1-4H3,(H,24,26)(H,22,23,25)/t15-,16+/m0/s1. The summed E-state index contributed by atoms with van der Waals surface area (Å²) in [6.45, 7) is 5.56. The van der Waals surface area contributed by atoms with Crippen LogP contribution in [0.2, 0.25) is 5.28 Å². The highest BCUT2D eigenvalue weighted by molar-refractivity contribution is 6.28. The predicted molar refractivity (Wildman–Crippen MR) is 110 cm³/mol. The number of nitrogens with zero attached hydrogens (tertiary/aromatic N) is 2. The van der Waals surface area contributed by atoms with E-state index in [-0.39, 0.29) is 17.4 Å². The van der Waals surface area contributed by atoms with Gasteiger partial charge in [0.1, 0.15) is 17.2 Å². The number of carbonyl (C=O) groups is 1. The third-order valence-corrected chi connectivity index (χ3v) is 4.83. The van der Waals surface area contributed by atoms with Crippen LogP contribution in [0.25, 0.3) is 10.9 Å². The van der Waals surface area contributed by atoms with E-state index in [0.29, 0.717) is 11.6 Å². The summed E-state index contributed by atoms with van der Waals surface area (Å²) in [6, 6.07) is 5.53. The maximum atomic E-state index is 12.3. The Balaban J connectivity index is 1.83. The van der Waals surface area contributed by atoms with Crippen molar-refractivity contribution < 1.29 is 14.3 Å². The molecule has 1 saturated carbocycles. The van der Waals surface area contributed by atoms with Crippen LogP contribution in [0.3, 0.4) is 0 Å². The minimum absolute atomic E-state index is 0.0154. The number of amides is 1. The van der Waals surface area contributed by atoms with Gasteiger partial charge in [0.05, 0.1) is 18.7 Å². The smallest absolute Gasteiger partial charge is 0.407 e. The molecule has 0 radical (unpaired) electrons. The lowest BCUT2D eigenvalue weighted by atomic mass is 9.90. The molecule has 3 rings (SSSR count). The first-order valence-electron chi connectivity index (χ1n) is 9.52. The fourth-order valence-corrected chi connectivity index (χ4v) is 3.60. The highest BCUT2D eigenvalue weighted by atomic mass is 35.5. The maximum Gasteiger partial charge on any atom is 0.407 e. The lowest BCUT2D eigenvalue weighted by molar-refractivity contribution is 0.0488. The van der Waals surface area contributed by atoms with E-state index in [1.807, 2.05) is 39.0 Å². The minimum Gasteiger partial charge on any atom is -0.497 e. The molecule has 1 fully saturated rings. The number of rotatable bonds is 4. The van der Waals surface area contributed by atoms with Crippen LogP contribution in [0, 0.1) is 0 Å². The van der Waals surface area contributed by atoms with Gasteiger partial charge in [-0.3, -0.25) is 0 Å². The zero-order valence-electron chi connectivity index (χ0n) is 16.7. The van der Waals surface area contributed by atoms with Crippen LogP contribution in [0.1, 0.15) is 46.5 Å². The number of aromatic nitrogens is 2. The molecule has 152 valence electrons. The molecule has 1 aliphatic rings. The normalized spacial score (nSPS) is 19.9. The first kappa shape index (κ1) is 20.5. The van der Waals surface area contributed by atoms with Gasteiger partial charge >= 0.3 is 6.09 Å². The topological polar surface area (TPSA) is 85.4 Å². The Morgan fingerprint density at radius 1 is 1.18 bits per heavy atom. The van der Waals surface area contributed by atoms with Gasteiger partial charge < -0.3 is 20.1 Å². The molecule has 1 aromatic heterocycles. The zero-order chi connectivity index (χ0) is 20.3. The number of benzene rings is 1. The van der Waals surface area contributed by atoms with E-state index in [2.05, 4.69) is 20.6 Å². The van der Waals surface area contributed by atoms with Gasteiger partial charge in [-0.15, -0.1) is 0 Å². The van der Waals surface area contributed by atoms with Crippen molar-refractivity contribution in [2.24, 2.45) is 0 Å². The number of ether oxygens (including phenoxy) is 2. The first-order chi connectivity index (χ1) is 13.2. The second kappa shape index (κ2) is 8.39. The molecule has 2 atom stereocenters. The van der Waals surface area contributed by atoms with E-state index in [9.17, 15) is 4.79 Å². The summed E-state index contributed by atoms with van der Waals surface area (Å²) in [4.78, 5) is 20.9. The first-order valence-corrected chi connectivity index (χ1v) is 9.90. The second-order valence-corrected chi connectivity index (χ2v) is 8.35. The van der Waals surface area contributed by atoms with E-state index in [1.54, 1.807) is 7.11 Å². The number of nitrogens with one attached hydrogen (secondary N) is 2. The minimum atomic E-state index is -0.533. The zero-order valence-corrected chi connectivity index (χ0v) is 17.5. The third-order valence-electron chi connectivity index (χ3n) is 4.67. The Labute approximate surface area is 170 Å². The van der Waals surface area contributed by atoms with Gasteiger partial charge in [-0.25, -0.2) is 14.8 Å². The van der Waals surface area contributed by atoms with E-state index in [1.165, 1.54) is 0 Å². The molecule has 1 aromatic carbocycles. The third kappa shape index (κ3) is 5.16. The second-order valence-electron chi connectivity index (χ2n) is 8.01. The quantitative estimate of drug-likeness (QED) is 0.725. The number of hydrogen-bond acceptors (Lipinski definition) is 6. The lowest BCUT2D eigenvalue weighted by Gasteiger charge is -2.34. The number of halogens is 1. The number of fused-ring (bicyclic) bond motifs is 1. The molecule has 7 nitrogen and oxygen atoms in total. The Morgan fingerprint density at radius 2 is 1.89 bits per heavy atom. The average Bonchev–Trinajstić information content (AvgIpc) is 2.61. The van der Waals surface area contributed by atoms with Crippen LogP contribution in [-0.2, 0) is 4.74 Å². The van der Waals surface area contributed by atoms with Crippen LogP contribution in [0.4, 0.5) is 10.6 Å². The van der Waals surface area contributed by atoms with Gasteiger partial charge in [-0.2, -0.15) is 0 Å². The van der Waals surface area contributed by atoms with Crippen molar-refractivity contribution in [3.8, 4) is 5.75 Å². The van der Waals surface area contributed by atoms with Crippen LogP contribution < -0.4 is 15.4 Å². The predicted octanol–water partition coefficient (Wildman–Crippen LogP) is 4.54. The number of hydrogen-bond donors (Lipinski definition) is 2. The highest BCUT2D eigenvalue weighted by Gasteiger charge is 2.29. The van der Waals surface area contributed by atoms with Gasteiger partial charge in [-0.1, -0.05) is 12.8 Å². The Morgan fingerprint density at radius 3 is 2.57 bits per heavy atom. The summed E-state index contributed by atoms with van der Waals surface area (Å²) in [5.41, 5.74) is 0.199. The molecule has 0 aliphatic heterocycles. The molecule has 1 aliphatic carbocycles. The van der Waals surface area contributed by atoms with Crippen molar-refractivity contribution in [2.45, 2.75) is 64.1 Å². The largest absolute Gasteiger partial charge is 0.497 e. The van der Waals surface area contributed by atoms with Crippen molar-refractivity contribution in [3.63, 3.8) is 0 Å². The van der Waals surface area contributed by atoms with Crippen molar-refractivity contribution in [2.75, 3.05) is 12.4 Å². The molecule has 0 spiro atoms. The molecule has 1 heterocycles. The molecule has 0 unspecified atom stereocenters. The van der Waals surface area contributed by atoms with Crippen LogP contribution >= 0.6 is 11.6 Å². The molecular formula is C20H27ClN4O3. The number of anilines is 1. The molecular weight excluding hydrogens is 380 g/mol. The fourth-order valence-electron chi connectivity index (χ4n) is 3.43. The molecule has 2 aromatic rings. The molecule has 28 heavy (non-hydrogen) atoms. The molecule has 8 heteroatoms. The van der Waals surface area contributed by atoms with Crippen molar-refractivity contribution in [3.05, 3.63) is 23.5 Å². The van der Waals surface area contributed by atoms with Gasteiger partial charge in [-0.05, 0) is 63.4 Å². The monoisotopic (exact) mass is 406 g/mol. The van der Waals surface area contributed by atoms with Crippen molar-refractivity contribution in [1.82, 2.24) is 15.3 Å². The van der Waals surface area contributed by atoms with Crippen LogP contribution in [0.5, 0.6) is 5.75 Å². The molecule has 0 saturated heterocycles. The molecule has 2 N–H and O–H groups in total. The van der Waals surface area contributed by atoms with Crippen molar-refractivity contribution in [1.29, 1.82) is 0 Å². The molecule has 1 amide bonds. The van der Waals surface area contributed by atoms with Gasteiger partial charge in [0, 0.05) is 11.4 Å². The number of methoxy groups -OCH3 is 1.